The predicted octanol–water partition coefficient (Wildman–Crippen LogP) is 2.25. The first-order valence-electron chi connectivity index (χ1n) is 4.81. The molecule has 72 valence electrons. The number of hydrogen-bond acceptors (Lipinski definition) is 3. The number of nitrogens with zero attached hydrogens (tertiary/aromatic N) is 2. The topological polar surface area (TPSA) is 37.8 Å². The van der Waals surface area contributed by atoms with Crippen LogP contribution in [0.4, 0.5) is 5.82 Å². The van der Waals surface area contributed by atoms with E-state index in [9.17, 15) is 0 Å². The molecule has 0 fully saturated rings. The number of nitrogens with one attached hydrogen (secondary N) is 1. The largest absolute Gasteiger partial charge is 0.366 e. The van der Waals surface area contributed by atoms with Crippen molar-refractivity contribution in [3.8, 4) is 0 Å². The van der Waals surface area contributed by atoms with Crippen LogP contribution >= 0.6 is 0 Å². The highest BCUT2D eigenvalue weighted by atomic mass is 15.2. The molecule has 0 aliphatic rings. The lowest BCUT2D eigenvalue weighted by atomic mass is 10.2. The van der Waals surface area contributed by atoms with Gasteiger partial charge in [-0.2, -0.15) is 5.10 Å². The summed E-state index contributed by atoms with van der Waals surface area (Å²) < 4.78 is 0. The maximum absolute atomic E-state index is 4.11. The summed E-state index contributed by atoms with van der Waals surface area (Å²) in [7, 11) is 0. The van der Waals surface area contributed by atoms with Gasteiger partial charge in [-0.25, -0.2) is 0 Å². The molecule has 0 radical (unpaired) electrons. The first kappa shape index (κ1) is 9.96. The summed E-state index contributed by atoms with van der Waals surface area (Å²) in [5.74, 6) is 0.856. The van der Waals surface area contributed by atoms with Crippen LogP contribution in [0.15, 0.2) is 12.1 Å². The molecule has 1 N–H and O–H groups in total. The summed E-state index contributed by atoms with van der Waals surface area (Å²) in [4.78, 5) is 0. The molecule has 0 aliphatic heterocycles. The zero-order chi connectivity index (χ0) is 9.68. The van der Waals surface area contributed by atoms with Crippen LogP contribution in [0.2, 0.25) is 0 Å². The summed E-state index contributed by atoms with van der Waals surface area (Å²) in [5, 5.41) is 11.4. The van der Waals surface area contributed by atoms with Gasteiger partial charge in [0.25, 0.3) is 0 Å². The van der Waals surface area contributed by atoms with Gasteiger partial charge in [-0.1, -0.05) is 13.3 Å². The lowest BCUT2D eigenvalue weighted by Crippen LogP contribution is -2.11. The predicted molar refractivity (Wildman–Crippen MR) is 54.8 cm³/mol. The Kier molecular flexibility index (Phi) is 3.68. The Morgan fingerprint density at radius 3 is 2.54 bits per heavy atom. The Balaban J connectivity index is 2.59. The van der Waals surface area contributed by atoms with E-state index in [0.717, 1.165) is 24.4 Å². The molecular weight excluding hydrogens is 162 g/mol. The van der Waals surface area contributed by atoms with Crippen LogP contribution in [-0.2, 0) is 6.42 Å². The van der Waals surface area contributed by atoms with Gasteiger partial charge in [0.05, 0.1) is 5.69 Å². The van der Waals surface area contributed by atoms with Crippen molar-refractivity contribution in [3.63, 3.8) is 0 Å². The number of aromatic nitrogens is 2. The molecule has 3 nitrogen and oxygen atoms in total. The van der Waals surface area contributed by atoms with E-state index in [4.69, 9.17) is 0 Å². The molecule has 1 aromatic heterocycles. The molecule has 1 aromatic rings. The molecule has 1 heterocycles. The van der Waals surface area contributed by atoms with Gasteiger partial charge in [0.1, 0.15) is 5.82 Å². The Hall–Kier alpha value is -1.12. The second-order valence-corrected chi connectivity index (χ2v) is 3.46. The number of aryl methyl sites for hydroxylation is 1. The van der Waals surface area contributed by atoms with Crippen LogP contribution in [0.3, 0.4) is 0 Å². The van der Waals surface area contributed by atoms with Gasteiger partial charge in [0, 0.05) is 6.04 Å². The van der Waals surface area contributed by atoms with Crippen LogP contribution in [0.5, 0.6) is 0 Å². The third kappa shape index (κ3) is 3.40. The van der Waals surface area contributed by atoms with Crippen molar-refractivity contribution in [2.75, 3.05) is 5.32 Å². The Labute approximate surface area is 79.6 Å². The van der Waals surface area contributed by atoms with Gasteiger partial charge < -0.3 is 5.32 Å². The molecular formula is C10H17N3. The smallest absolute Gasteiger partial charge is 0.148 e. The van der Waals surface area contributed by atoms with Gasteiger partial charge >= 0.3 is 0 Å². The van der Waals surface area contributed by atoms with Gasteiger partial charge in [0.15, 0.2) is 0 Å². The lowest BCUT2D eigenvalue weighted by molar-refractivity contribution is 0.823. The Bertz CT molecular complexity index is 241. The summed E-state index contributed by atoms with van der Waals surface area (Å²) in [6.07, 6.45) is 2.13. The first-order chi connectivity index (χ1) is 6.22. The van der Waals surface area contributed by atoms with E-state index in [1.54, 1.807) is 0 Å². The van der Waals surface area contributed by atoms with Crippen molar-refractivity contribution >= 4 is 5.82 Å². The first-order valence-corrected chi connectivity index (χ1v) is 4.81. The number of hydrogen-bond donors (Lipinski definition) is 1. The van der Waals surface area contributed by atoms with Crippen LogP contribution in [0.1, 0.15) is 32.9 Å². The maximum Gasteiger partial charge on any atom is 0.148 e. The van der Waals surface area contributed by atoms with E-state index < -0.39 is 0 Å². The van der Waals surface area contributed by atoms with E-state index in [1.807, 2.05) is 12.1 Å². The Morgan fingerprint density at radius 1 is 1.31 bits per heavy atom. The SMILES string of the molecule is CCCc1ccc(NC(C)C)nn1. The highest BCUT2D eigenvalue weighted by Crippen LogP contribution is 2.04. The van der Waals surface area contributed by atoms with Crippen LogP contribution in [-0.4, -0.2) is 16.2 Å². The fourth-order valence-electron chi connectivity index (χ4n) is 1.12. The van der Waals surface area contributed by atoms with Crippen molar-refractivity contribution in [2.24, 2.45) is 0 Å². The standard InChI is InChI=1S/C10H17N3/c1-4-5-9-6-7-10(13-12-9)11-8(2)3/h6-8H,4-5H2,1-3H3,(H,11,13). The molecule has 0 aliphatic carbocycles. The molecule has 0 bridgehead atoms. The molecule has 13 heavy (non-hydrogen) atoms. The minimum Gasteiger partial charge on any atom is -0.366 e. The second kappa shape index (κ2) is 4.80. The third-order valence-corrected chi connectivity index (χ3v) is 1.66. The van der Waals surface area contributed by atoms with Gasteiger partial charge in [-0.15, -0.1) is 5.10 Å². The van der Waals surface area contributed by atoms with E-state index in [0.29, 0.717) is 6.04 Å². The quantitative estimate of drug-likeness (QED) is 0.770. The van der Waals surface area contributed by atoms with Crippen LogP contribution < -0.4 is 5.32 Å². The fourth-order valence-corrected chi connectivity index (χ4v) is 1.12. The van der Waals surface area contributed by atoms with E-state index in [1.165, 1.54) is 0 Å². The van der Waals surface area contributed by atoms with Crippen molar-refractivity contribution < 1.29 is 0 Å². The zero-order valence-corrected chi connectivity index (χ0v) is 8.54. The highest BCUT2D eigenvalue weighted by Gasteiger charge is 1.97. The minimum absolute atomic E-state index is 0.409. The van der Waals surface area contributed by atoms with Crippen LogP contribution in [0, 0.1) is 0 Å². The molecule has 0 saturated heterocycles. The summed E-state index contributed by atoms with van der Waals surface area (Å²) >= 11 is 0. The molecule has 0 amide bonds. The summed E-state index contributed by atoms with van der Waals surface area (Å²) in [5.41, 5.74) is 1.07. The average molecular weight is 179 g/mol. The van der Waals surface area contributed by atoms with Crippen molar-refractivity contribution in [2.45, 2.75) is 39.7 Å². The van der Waals surface area contributed by atoms with Crippen molar-refractivity contribution in [1.82, 2.24) is 10.2 Å². The normalized spacial score (nSPS) is 10.5. The second-order valence-electron chi connectivity index (χ2n) is 3.46. The number of anilines is 1. The van der Waals surface area contributed by atoms with E-state index >= 15 is 0 Å². The van der Waals surface area contributed by atoms with Crippen LogP contribution in [0.25, 0.3) is 0 Å². The Morgan fingerprint density at radius 2 is 2.08 bits per heavy atom. The van der Waals surface area contributed by atoms with E-state index in [2.05, 4.69) is 36.3 Å². The van der Waals surface area contributed by atoms with Crippen molar-refractivity contribution in [3.05, 3.63) is 17.8 Å². The maximum atomic E-state index is 4.11. The average Bonchev–Trinajstić information content (AvgIpc) is 2.08. The molecule has 3 heteroatoms. The molecule has 1 rings (SSSR count). The van der Waals surface area contributed by atoms with Gasteiger partial charge in [0.2, 0.25) is 0 Å². The molecule has 0 spiro atoms. The highest BCUT2D eigenvalue weighted by molar-refractivity contribution is 5.33. The molecule has 0 saturated carbocycles. The minimum atomic E-state index is 0.409. The van der Waals surface area contributed by atoms with Crippen molar-refractivity contribution in [1.29, 1.82) is 0 Å². The zero-order valence-electron chi connectivity index (χ0n) is 8.54. The number of rotatable bonds is 4. The third-order valence-electron chi connectivity index (χ3n) is 1.66. The summed E-state index contributed by atoms with van der Waals surface area (Å²) in [6, 6.07) is 4.42. The van der Waals surface area contributed by atoms with E-state index in [-0.39, 0.29) is 0 Å². The van der Waals surface area contributed by atoms with Gasteiger partial charge in [-0.3, -0.25) is 0 Å². The lowest BCUT2D eigenvalue weighted by Gasteiger charge is -2.07. The molecule has 0 atom stereocenters. The summed E-state index contributed by atoms with van der Waals surface area (Å²) in [6.45, 7) is 6.31. The molecule has 0 unspecified atom stereocenters. The fraction of sp³-hybridized carbons (Fsp3) is 0.600. The van der Waals surface area contributed by atoms with Gasteiger partial charge in [-0.05, 0) is 32.4 Å². The molecule has 0 aromatic carbocycles. The monoisotopic (exact) mass is 179 g/mol.